The molecule has 3 aromatic heterocycles. The molecule has 6 heteroatoms. The molecule has 0 spiro atoms. The first kappa shape index (κ1) is 15.2. The number of imidazole rings is 1. The van der Waals surface area contributed by atoms with Gasteiger partial charge in [0.05, 0.1) is 6.20 Å². The van der Waals surface area contributed by atoms with Gasteiger partial charge in [0.25, 0.3) is 0 Å². The first-order chi connectivity index (χ1) is 12.7. The molecule has 2 aromatic carbocycles. The Kier molecular flexibility index (Phi) is 3.50. The van der Waals surface area contributed by atoms with E-state index in [0.29, 0.717) is 6.61 Å². The lowest BCUT2D eigenvalue weighted by molar-refractivity contribution is 0.306. The van der Waals surface area contributed by atoms with Crippen LogP contribution in [-0.2, 0) is 6.61 Å². The summed E-state index contributed by atoms with van der Waals surface area (Å²) in [6, 6.07) is 18.0. The summed E-state index contributed by atoms with van der Waals surface area (Å²) in [6.07, 6.45) is 1.89. The summed E-state index contributed by atoms with van der Waals surface area (Å²) in [6.45, 7) is 2.51. The Morgan fingerprint density at radius 2 is 2.00 bits per heavy atom. The minimum absolute atomic E-state index is 0.541. The molecule has 128 valence electrons. The summed E-state index contributed by atoms with van der Waals surface area (Å²) in [5, 5.41) is 6.37. The first-order valence-corrected chi connectivity index (χ1v) is 9.10. The van der Waals surface area contributed by atoms with Gasteiger partial charge in [-0.2, -0.15) is 5.10 Å². The van der Waals surface area contributed by atoms with E-state index in [9.17, 15) is 0 Å². The first-order valence-electron chi connectivity index (χ1n) is 8.28. The summed E-state index contributed by atoms with van der Waals surface area (Å²) >= 11 is 1.56. The number of ether oxygens (including phenoxy) is 1. The van der Waals surface area contributed by atoms with Crippen LogP contribution in [0.15, 0.2) is 65.2 Å². The molecule has 0 N–H and O–H groups in total. The van der Waals surface area contributed by atoms with Crippen LogP contribution in [-0.4, -0.2) is 14.6 Å². The largest absolute Gasteiger partial charge is 0.489 e. The third-order valence-corrected chi connectivity index (χ3v) is 4.97. The Bertz CT molecular complexity index is 1170. The lowest BCUT2D eigenvalue weighted by Gasteiger charge is -2.05. The molecule has 0 unspecified atom stereocenters. The van der Waals surface area contributed by atoms with Gasteiger partial charge < -0.3 is 9.15 Å². The number of benzene rings is 2. The fraction of sp³-hybridized carbons (Fsp3) is 0.100. The Labute approximate surface area is 153 Å². The van der Waals surface area contributed by atoms with E-state index in [2.05, 4.69) is 22.2 Å². The van der Waals surface area contributed by atoms with Crippen LogP contribution < -0.4 is 4.74 Å². The smallest absolute Gasteiger partial charge is 0.212 e. The van der Waals surface area contributed by atoms with E-state index >= 15 is 0 Å². The van der Waals surface area contributed by atoms with Crippen molar-refractivity contribution in [2.75, 3.05) is 0 Å². The van der Waals surface area contributed by atoms with Gasteiger partial charge >= 0.3 is 0 Å². The molecule has 0 radical (unpaired) electrons. The SMILES string of the molecule is Cc1nn2cc(-c3cc4cc(OCc5ccccc5)ccc4o3)nc2s1. The molecule has 0 saturated carbocycles. The monoisotopic (exact) mass is 361 g/mol. The highest BCUT2D eigenvalue weighted by Crippen LogP contribution is 2.30. The molecule has 0 aliphatic rings. The molecule has 0 aliphatic carbocycles. The third-order valence-electron chi connectivity index (χ3n) is 4.13. The van der Waals surface area contributed by atoms with Crippen molar-refractivity contribution in [3.8, 4) is 17.2 Å². The number of aromatic nitrogens is 3. The van der Waals surface area contributed by atoms with Gasteiger partial charge in [-0.3, -0.25) is 0 Å². The van der Waals surface area contributed by atoms with E-state index in [4.69, 9.17) is 9.15 Å². The molecule has 5 nitrogen and oxygen atoms in total. The molecular weight excluding hydrogens is 346 g/mol. The summed E-state index contributed by atoms with van der Waals surface area (Å²) in [4.78, 5) is 5.46. The van der Waals surface area contributed by atoms with E-state index in [1.54, 1.807) is 15.9 Å². The van der Waals surface area contributed by atoms with Crippen molar-refractivity contribution in [2.45, 2.75) is 13.5 Å². The minimum atomic E-state index is 0.541. The van der Waals surface area contributed by atoms with Gasteiger partial charge in [0.1, 0.15) is 28.6 Å². The van der Waals surface area contributed by atoms with Crippen LogP contribution >= 0.6 is 11.3 Å². The van der Waals surface area contributed by atoms with E-state index < -0.39 is 0 Å². The predicted molar refractivity (Wildman–Crippen MR) is 102 cm³/mol. The van der Waals surface area contributed by atoms with Crippen molar-refractivity contribution in [1.29, 1.82) is 0 Å². The fourth-order valence-electron chi connectivity index (χ4n) is 2.90. The van der Waals surface area contributed by atoms with Crippen LogP contribution in [0.25, 0.3) is 27.4 Å². The highest BCUT2D eigenvalue weighted by atomic mass is 32.1. The second-order valence-electron chi connectivity index (χ2n) is 6.06. The molecule has 0 amide bonds. The number of nitrogens with zero attached hydrogens (tertiary/aromatic N) is 3. The van der Waals surface area contributed by atoms with E-state index in [1.165, 1.54) is 0 Å². The number of fused-ring (bicyclic) bond motifs is 2. The molecule has 26 heavy (non-hydrogen) atoms. The number of hydrogen-bond donors (Lipinski definition) is 0. The number of rotatable bonds is 4. The summed E-state index contributed by atoms with van der Waals surface area (Å²) in [5.41, 5.74) is 2.74. The molecule has 0 saturated heterocycles. The number of aryl methyl sites for hydroxylation is 1. The van der Waals surface area contributed by atoms with Gasteiger partial charge in [-0.1, -0.05) is 41.7 Å². The predicted octanol–water partition coefficient (Wildman–Crippen LogP) is 5.09. The molecule has 0 bridgehead atoms. The van der Waals surface area contributed by atoms with Crippen molar-refractivity contribution < 1.29 is 9.15 Å². The van der Waals surface area contributed by atoms with Crippen LogP contribution in [0.2, 0.25) is 0 Å². The fourth-order valence-corrected chi connectivity index (χ4v) is 3.62. The Balaban J connectivity index is 1.43. The topological polar surface area (TPSA) is 52.6 Å². The molecule has 0 atom stereocenters. The van der Waals surface area contributed by atoms with Crippen LogP contribution in [0.3, 0.4) is 0 Å². The quantitative estimate of drug-likeness (QED) is 0.447. The van der Waals surface area contributed by atoms with Crippen LogP contribution in [0, 0.1) is 6.92 Å². The molecule has 5 aromatic rings. The van der Waals surface area contributed by atoms with Gasteiger partial charge in [-0.25, -0.2) is 9.50 Å². The molecule has 5 rings (SSSR count). The Morgan fingerprint density at radius 1 is 1.12 bits per heavy atom. The average Bonchev–Trinajstić information content (AvgIpc) is 3.32. The summed E-state index contributed by atoms with van der Waals surface area (Å²) in [5.74, 6) is 1.55. The van der Waals surface area contributed by atoms with Crippen LogP contribution in [0.5, 0.6) is 5.75 Å². The van der Waals surface area contributed by atoms with Gasteiger partial charge in [-0.05, 0) is 36.8 Å². The minimum Gasteiger partial charge on any atom is -0.489 e. The van der Waals surface area contributed by atoms with Crippen molar-refractivity contribution >= 4 is 27.3 Å². The van der Waals surface area contributed by atoms with Crippen molar-refractivity contribution in [2.24, 2.45) is 0 Å². The average molecular weight is 361 g/mol. The van der Waals surface area contributed by atoms with E-state index in [-0.39, 0.29) is 0 Å². The Morgan fingerprint density at radius 3 is 2.85 bits per heavy atom. The zero-order chi connectivity index (χ0) is 17.5. The summed E-state index contributed by atoms with van der Waals surface area (Å²) in [7, 11) is 0. The van der Waals surface area contributed by atoms with Gasteiger partial charge in [0.15, 0.2) is 5.76 Å². The van der Waals surface area contributed by atoms with Crippen LogP contribution in [0.1, 0.15) is 10.6 Å². The highest BCUT2D eigenvalue weighted by molar-refractivity contribution is 7.16. The molecule has 0 fully saturated rings. The standard InChI is InChI=1S/C20H15N3O2S/c1-13-22-23-11-17(21-20(23)26-13)19-10-15-9-16(7-8-18(15)25-19)24-12-14-5-3-2-4-6-14/h2-11H,12H2,1H3. The van der Waals surface area contributed by atoms with E-state index in [1.807, 2.05) is 55.6 Å². The lowest BCUT2D eigenvalue weighted by Crippen LogP contribution is -1.94. The normalized spacial score (nSPS) is 11.4. The van der Waals surface area contributed by atoms with Crippen molar-refractivity contribution in [1.82, 2.24) is 14.6 Å². The number of furan rings is 1. The lowest BCUT2D eigenvalue weighted by atomic mass is 10.2. The highest BCUT2D eigenvalue weighted by Gasteiger charge is 2.13. The maximum Gasteiger partial charge on any atom is 0.212 e. The Hall–Kier alpha value is -3.12. The molecule has 0 aliphatic heterocycles. The maximum absolute atomic E-state index is 5.95. The number of hydrogen-bond acceptors (Lipinski definition) is 5. The van der Waals surface area contributed by atoms with Crippen LogP contribution in [0.4, 0.5) is 0 Å². The van der Waals surface area contributed by atoms with E-state index in [0.717, 1.165) is 43.7 Å². The van der Waals surface area contributed by atoms with Crippen molar-refractivity contribution in [3.05, 3.63) is 71.4 Å². The molecule has 3 heterocycles. The summed E-state index contributed by atoms with van der Waals surface area (Å²) < 4.78 is 13.6. The second kappa shape index (κ2) is 6.00. The third kappa shape index (κ3) is 2.74. The van der Waals surface area contributed by atoms with Gasteiger partial charge in [0.2, 0.25) is 4.96 Å². The van der Waals surface area contributed by atoms with Gasteiger partial charge in [0, 0.05) is 5.39 Å². The maximum atomic E-state index is 5.95. The van der Waals surface area contributed by atoms with Crippen molar-refractivity contribution in [3.63, 3.8) is 0 Å². The molecular formula is C20H15N3O2S. The zero-order valence-corrected chi connectivity index (χ0v) is 14.9. The zero-order valence-electron chi connectivity index (χ0n) is 14.0. The second-order valence-corrected chi connectivity index (χ2v) is 7.22. The van der Waals surface area contributed by atoms with Gasteiger partial charge in [-0.15, -0.1) is 0 Å².